The van der Waals surface area contributed by atoms with Gasteiger partial charge in [0.1, 0.15) is 0 Å². The van der Waals surface area contributed by atoms with Crippen molar-refractivity contribution >= 4 is 5.91 Å². The molecule has 23 heavy (non-hydrogen) atoms. The van der Waals surface area contributed by atoms with Gasteiger partial charge in [-0.15, -0.1) is 0 Å². The fourth-order valence-electron chi connectivity index (χ4n) is 3.22. The highest BCUT2D eigenvalue weighted by molar-refractivity contribution is 5.75. The van der Waals surface area contributed by atoms with Crippen LogP contribution in [0.4, 0.5) is 0 Å². The van der Waals surface area contributed by atoms with Crippen molar-refractivity contribution in [2.45, 2.75) is 57.7 Å². The number of rotatable bonds is 7. The molecular formula is C17H29N3O3. The number of carbonyl (C=O) groups excluding carboxylic acids is 1. The van der Waals surface area contributed by atoms with E-state index in [-0.39, 0.29) is 18.1 Å². The zero-order chi connectivity index (χ0) is 16.8. The van der Waals surface area contributed by atoms with Crippen LogP contribution in [0.5, 0.6) is 0 Å². The molecule has 130 valence electrons. The predicted octanol–water partition coefficient (Wildman–Crippen LogP) is 2.08. The second-order valence-corrected chi connectivity index (χ2v) is 6.42. The highest BCUT2D eigenvalue weighted by Crippen LogP contribution is 2.26. The highest BCUT2D eigenvalue weighted by Gasteiger charge is 2.32. The SMILES string of the molecule is CCc1cc(CN2CCC[C@H](OC)[C@@H]2CCC(=O)N(C)C)on1. The van der Waals surface area contributed by atoms with Crippen LogP contribution in [0.15, 0.2) is 10.6 Å². The maximum absolute atomic E-state index is 11.9. The Balaban J connectivity index is 2.02. The Kier molecular flexibility index (Phi) is 6.59. The molecule has 1 aliphatic rings. The largest absolute Gasteiger partial charge is 0.380 e. The molecule has 0 aromatic carbocycles. The molecule has 0 aliphatic carbocycles. The first-order valence-electron chi connectivity index (χ1n) is 8.46. The molecular weight excluding hydrogens is 294 g/mol. The van der Waals surface area contributed by atoms with Crippen molar-refractivity contribution in [3.63, 3.8) is 0 Å². The van der Waals surface area contributed by atoms with Crippen molar-refractivity contribution in [1.82, 2.24) is 15.0 Å². The average molecular weight is 323 g/mol. The van der Waals surface area contributed by atoms with Gasteiger partial charge in [0.05, 0.1) is 18.3 Å². The van der Waals surface area contributed by atoms with Gasteiger partial charge in [0.15, 0.2) is 5.76 Å². The van der Waals surface area contributed by atoms with Crippen molar-refractivity contribution in [3.8, 4) is 0 Å². The van der Waals surface area contributed by atoms with Gasteiger partial charge in [-0.3, -0.25) is 9.69 Å². The van der Waals surface area contributed by atoms with Crippen LogP contribution in [-0.4, -0.2) is 60.8 Å². The Labute approximate surface area is 138 Å². The third-order valence-electron chi connectivity index (χ3n) is 4.62. The Hall–Kier alpha value is -1.40. The Morgan fingerprint density at radius 2 is 2.30 bits per heavy atom. The van der Waals surface area contributed by atoms with Crippen LogP contribution in [-0.2, 0) is 22.5 Å². The first-order valence-corrected chi connectivity index (χ1v) is 8.46. The molecule has 2 rings (SSSR count). The van der Waals surface area contributed by atoms with Gasteiger partial charge >= 0.3 is 0 Å². The molecule has 6 nitrogen and oxygen atoms in total. The number of aryl methyl sites for hydroxylation is 1. The minimum Gasteiger partial charge on any atom is -0.380 e. The minimum absolute atomic E-state index is 0.165. The number of hydrogen-bond donors (Lipinski definition) is 0. The maximum atomic E-state index is 11.9. The van der Waals surface area contributed by atoms with Gasteiger partial charge in [-0.2, -0.15) is 0 Å². The summed E-state index contributed by atoms with van der Waals surface area (Å²) in [5.74, 6) is 1.06. The first-order chi connectivity index (χ1) is 11.0. The van der Waals surface area contributed by atoms with Crippen molar-refractivity contribution in [1.29, 1.82) is 0 Å². The summed E-state index contributed by atoms with van der Waals surface area (Å²) < 4.78 is 11.1. The molecule has 0 saturated carbocycles. The van der Waals surface area contributed by atoms with Gasteiger partial charge in [-0.05, 0) is 32.2 Å². The lowest BCUT2D eigenvalue weighted by Gasteiger charge is -2.40. The summed E-state index contributed by atoms with van der Waals surface area (Å²) in [6.07, 6.45) is 4.56. The lowest BCUT2D eigenvalue weighted by molar-refractivity contribution is -0.129. The number of carbonyl (C=O) groups is 1. The Morgan fingerprint density at radius 1 is 1.52 bits per heavy atom. The number of nitrogens with zero attached hydrogens (tertiary/aromatic N) is 3. The van der Waals surface area contributed by atoms with Gasteiger partial charge in [0.25, 0.3) is 0 Å². The molecule has 0 unspecified atom stereocenters. The van der Waals surface area contributed by atoms with Crippen molar-refractivity contribution in [2.75, 3.05) is 27.7 Å². The molecule has 1 aliphatic heterocycles. The van der Waals surface area contributed by atoms with Crippen LogP contribution >= 0.6 is 0 Å². The number of methoxy groups -OCH3 is 1. The van der Waals surface area contributed by atoms with Crippen molar-refractivity contribution in [3.05, 3.63) is 17.5 Å². The molecule has 6 heteroatoms. The normalized spacial score (nSPS) is 22.3. The lowest BCUT2D eigenvalue weighted by Crippen LogP contribution is -2.48. The third kappa shape index (κ3) is 4.78. The first kappa shape index (κ1) is 17.9. The van der Waals surface area contributed by atoms with Crippen LogP contribution in [0.2, 0.25) is 0 Å². The smallest absolute Gasteiger partial charge is 0.222 e. The highest BCUT2D eigenvalue weighted by atomic mass is 16.5. The molecule has 0 bridgehead atoms. The zero-order valence-electron chi connectivity index (χ0n) is 14.7. The molecule has 1 aromatic rings. The summed E-state index contributed by atoms with van der Waals surface area (Å²) in [6.45, 7) is 3.80. The van der Waals surface area contributed by atoms with Gasteiger partial charge in [-0.1, -0.05) is 12.1 Å². The predicted molar refractivity (Wildman–Crippen MR) is 88.0 cm³/mol. The third-order valence-corrected chi connectivity index (χ3v) is 4.62. The summed E-state index contributed by atoms with van der Waals surface area (Å²) in [4.78, 5) is 16.0. The summed E-state index contributed by atoms with van der Waals surface area (Å²) in [7, 11) is 5.36. The van der Waals surface area contributed by atoms with Crippen LogP contribution < -0.4 is 0 Å². The quantitative estimate of drug-likeness (QED) is 0.769. The summed E-state index contributed by atoms with van der Waals surface area (Å²) in [5, 5.41) is 4.07. The van der Waals surface area contributed by atoms with E-state index < -0.39 is 0 Å². The Bertz CT molecular complexity index is 501. The molecule has 0 N–H and O–H groups in total. The van der Waals surface area contributed by atoms with E-state index in [1.165, 1.54) is 0 Å². The van der Waals surface area contributed by atoms with E-state index in [0.717, 1.165) is 50.2 Å². The number of ether oxygens (including phenoxy) is 1. The molecule has 1 amide bonds. The summed E-state index contributed by atoms with van der Waals surface area (Å²) in [6, 6.07) is 2.27. The van der Waals surface area contributed by atoms with Crippen molar-refractivity contribution in [2.24, 2.45) is 0 Å². The standard InChI is InChI=1S/C17H29N3O3/c1-5-13-11-14(23-18-13)12-20-10-6-7-16(22-4)15(20)8-9-17(21)19(2)3/h11,15-16H,5-10,12H2,1-4H3/t15-,16-/m0/s1. The molecule has 0 spiro atoms. The van der Waals surface area contributed by atoms with Gasteiger partial charge in [0.2, 0.25) is 5.91 Å². The molecule has 1 saturated heterocycles. The number of aromatic nitrogens is 1. The van der Waals surface area contributed by atoms with E-state index in [1.807, 2.05) is 6.07 Å². The topological polar surface area (TPSA) is 58.8 Å². The zero-order valence-corrected chi connectivity index (χ0v) is 14.7. The van der Waals surface area contributed by atoms with Crippen LogP contribution in [0.25, 0.3) is 0 Å². The number of amides is 1. The van der Waals surface area contributed by atoms with Crippen LogP contribution in [0.1, 0.15) is 44.1 Å². The molecule has 1 aromatic heterocycles. The monoisotopic (exact) mass is 323 g/mol. The van der Waals surface area contributed by atoms with Crippen molar-refractivity contribution < 1.29 is 14.1 Å². The van der Waals surface area contributed by atoms with E-state index in [4.69, 9.17) is 9.26 Å². The molecule has 2 atom stereocenters. The second kappa shape index (κ2) is 8.45. The number of likely N-dealkylation sites (tertiary alicyclic amines) is 1. The molecule has 1 fully saturated rings. The van der Waals surface area contributed by atoms with Crippen LogP contribution in [0, 0.1) is 0 Å². The molecule has 0 radical (unpaired) electrons. The van der Waals surface area contributed by atoms with E-state index in [9.17, 15) is 4.79 Å². The number of piperidine rings is 1. The molecule has 2 heterocycles. The van der Waals surface area contributed by atoms with Gasteiger partial charge in [-0.25, -0.2) is 0 Å². The van der Waals surface area contributed by atoms with Gasteiger partial charge < -0.3 is 14.2 Å². The van der Waals surface area contributed by atoms with E-state index in [2.05, 4.69) is 17.0 Å². The van der Waals surface area contributed by atoms with Gasteiger partial charge in [0, 0.05) is 39.7 Å². The van der Waals surface area contributed by atoms with E-state index in [0.29, 0.717) is 6.42 Å². The fourth-order valence-corrected chi connectivity index (χ4v) is 3.22. The Morgan fingerprint density at radius 3 is 2.91 bits per heavy atom. The summed E-state index contributed by atoms with van der Waals surface area (Å²) >= 11 is 0. The summed E-state index contributed by atoms with van der Waals surface area (Å²) in [5.41, 5.74) is 0.986. The lowest BCUT2D eigenvalue weighted by atomic mass is 9.94. The maximum Gasteiger partial charge on any atom is 0.222 e. The van der Waals surface area contributed by atoms with E-state index >= 15 is 0 Å². The fraction of sp³-hybridized carbons (Fsp3) is 0.765. The average Bonchev–Trinajstić information content (AvgIpc) is 3.00. The number of hydrogen-bond acceptors (Lipinski definition) is 5. The van der Waals surface area contributed by atoms with E-state index in [1.54, 1.807) is 26.1 Å². The van der Waals surface area contributed by atoms with Crippen LogP contribution in [0.3, 0.4) is 0 Å². The second-order valence-electron chi connectivity index (χ2n) is 6.42. The minimum atomic E-state index is 0.165.